The molecule has 2 aromatic rings. The summed E-state index contributed by atoms with van der Waals surface area (Å²) in [5.41, 5.74) is 1.18. The fraction of sp³-hybridized carbons (Fsp3) is 0.0833. The van der Waals surface area contributed by atoms with Crippen LogP contribution in [0.4, 0.5) is 0 Å². The second-order valence-electron chi connectivity index (χ2n) is 3.46. The summed E-state index contributed by atoms with van der Waals surface area (Å²) < 4.78 is 0. The number of carboxylic acid groups (broad SMARTS) is 1. The van der Waals surface area contributed by atoms with Crippen molar-refractivity contribution in [2.75, 3.05) is 0 Å². The predicted octanol–water partition coefficient (Wildman–Crippen LogP) is 3.12. The summed E-state index contributed by atoms with van der Waals surface area (Å²) in [6.07, 6.45) is 2.65. The summed E-state index contributed by atoms with van der Waals surface area (Å²) in [7, 11) is 0. The van der Waals surface area contributed by atoms with Crippen molar-refractivity contribution in [3.8, 4) is 0 Å². The minimum absolute atomic E-state index is 0.122. The van der Waals surface area contributed by atoms with Crippen molar-refractivity contribution >= 4 is 29.3 Å². The van der Waals surface area contributed by atoms with E-state index in [-0.39, 0.29) is 5.56 Å². The van der Waals surface area contributed by atoms with Gasteiger partial charge in [0.05, 0.1) is 0 Å². The summed E-state index contributed by atoms with van der Waals surface area (Å²) in [4.78, 5) is 18.7. The van der Waals surface area contributed by atoms with Crippen LogP contribution in [-0.4, -0.2) is 21.0 Å². The van der Waals surface area contributed by atoms with Crippen LogP contribution in [0, 0.1) is 0 Å². The Morgan fingerprint density at radius 3 is 2.72 bits per heavy atom. The van der Waals surface area contributed by atoms with E-state index < -0.39 is 5.97 Å². The molecular formula is C12H9ClN2O2S. The van der Waals surface area contributed by atoms with Gasteiger partial charge in [0.2, 0.25) is 0 Å². The lowest BCUT2D eigenvalue weighted by atomic mass is 10.2. The molecule has 1 aromatic heterocycles. The standard InChI is InChI=1S/C12H9ClN2O2S/c13-9-3-1-8(2-4-9)6-18-11-10(12(16)17)5-14-7-15-11/h1-5,7H,6H2,(H,16,17). The monoisotopic (exact) mass is 280 g/mol. The van der Waals surface area contributed by atoms with Crippen LogP contribution in [-0.2, 0) is 5.75 Å². The molecule has 0 saturated carbocycles. The number of benzene rings is 1. The minimum Gasteiger partial charge on any atom is -0.478 e. The molecule has 0 amide bonds. The Labute approximate surface area is 113 Å². The predicted molar refractivity (Wildman–Crippen MR) is 70.0 cm³/mol. The largest absolute Gasteiger partial charge is 0.478 e. The Balaban J connectivity index is 2.10. The first kappa shape index (κ1) is 12.9. The number of halogens is 1. The smallest absolute Gasteiger partial charge is 0.340 e. The molecule has 0 saturated heterocycles. The van der Waals surface area contributed by atoms with Crippen molar-refractivity contribution in [2.45, 2.75) is 10.8 Å². The van der Waals surface area contributed by atoms with Crippen LogP contribution in [0.3, 0.4) is 0 Å². The van der Waals surface area contributed by atoms with Crippen LogP contribution in [0.25, 0.3) is 0 Å². The number of hydrogen-bond donors (Lipinski definition) is 1. The van der Waals surface area contributed by atoms with Crippen molar-refractivity contribution in [3.63, 3.8) is 0 Å². The quantitative estimate of drug-likeness (QED) is 0.689. The first-order valence-corrected chi connectivity index (χ1v) is 6.43. The third kappa shape index (κ3) is 3.21. The highest BCUT2D eigenvalue weighted by Crippen LogP contribution is 2.24. The highest BCUT2D eigenvalue weighted by Gasteiger charge is 2.11. The number of rotatable bonds is 4. The summed E-state index contributed by atoms with van der Waals surface area (Å²) in [5, 5.41) is 10.1. The van der Waals surface area contributed by atoms with Gasteiger partial charge in [-0.1, -0.05) is 23.7 Å². The maximum atomic E-state index is 11.0. The fourth-order valence-electron chi connectivity index (χ4n) is 1.31. The summed E-state index contributed by atoms with van der Waals surface area (Å²) in [6.45, 7) is 0. The molecular weight excluding hydrogens is 272 g/mol. The van der Waals surface area contributed by atoms with Gasteiger partial charge in [0.15, 0.2) is 0 Å². The molecule has 0 atom stereocenters. The van der Waals surface area contributed by atoms with Crippen molar-refractivity contribution in [1.82, 2.24) is 9.97 Å². The molecule has 0 fully saturated rings. The number of carbonyl (C=O) groups is 1. The minimum atomic E-state index is -1.02. The highest BCUT2D eigenvalue weighted by molar-refractivity contribution is 7.98. The molecule has 92 valence electrons. The lowest BCUT2D eigenvalue weighted by Crippen LogP contribution is -2.01. The van der Waals surface area contributed by atoms with E-state index in [1.807, 2.05) is 12.1 Å². The van der Waals surface area contributed by atoms with E-state index in [2.05, 4.69) is 9.97 Å². The zero-order valence-corrected chi connectivity index (χ0v) is 10.8. The van der Waals surface area contributed by atoms with E-state index in [9.17, 15) is 4.79 Å². The average Bonchev–Trinajstić information content (AvgIpc) is 2.38. The second-order valence-corrected chi connectivity index (χ2v) is 4.86. The van der Waals surface area contributed by atoms with Gasteiger partial charge in [0, 0.05) is 17.0 Å². The summed E-state index contributed by atoms with van der Waals surface area (Å²) in [6, 6.07) is 7.40. The molecule has 1 heterocycles. The van der Waals surface area contributed by atoms with E-state index in [1.165, 1.54) is 24.3 Å². The van der Waals surface area contributed by atoms with Crippen LogP contribution < -0.4 is 0 Å². The van der Waals surface area contributed by atoms with Gasteiger partial charge in [-0.3, -0.25) is 0 Å². The Morgan fingerprint density at radius 2 is 2.06 bits per heavy atom. The van der Waals surface area contributed by atoms with Crippen molar-refractivity contribution in [3.05, 3.63) is 52.9 Å². The lowest BCUT2D eigenvalue weighted by molar-refractivity contribution is 0.0691. The molecule has 0 bridgehead atoms. The molecule has 1 N–H and O–H groups in total. The Kier molecular flexibility index (Phi) is 4.17. The average molecular weight is 281 g/mol. The van der Waals surface area contributed by atoms with Crippen molar-refractivity contribution in [2.24, 2.45) is 0 Å². The topological polar surface area (TPSA) is 63.1 Å². The lowest BCUT2D eigenvalue weighted by Gasteiger charge is -2.04. The Bertz CT molecular complexity index is 560. The summed E-state index contributed by atoms with van der Waals surface area (Å²) >= 11 is 7.15. The number of hydrogen-bond acceptors (Lipinski definition) is 4. The SMILES string of the molecule is O=C(O)c1cncnc1SCc1ccc(Cl)cc1. The molecule has 0 aliphatic carbocycles. The molecule has 0 radical (unpaired) electrons. The second kappa shape index (κ2) is 5.84. The molecule has 2 rings (SSSR count). The number of carboxylic acids is 1. The van der Waals surface area contributed by atoms with Crippen LogP contribution in [0.2, 0.25) is 5.02 Å². The molecule has 1 aromatic carbocycles. The van der Waals surface area contributed by atoms with Gasteiger partial charge in [0.1, 0.15) is 16.9 Å². The molecule has 0 aliphatic rings. The first-order valence-electron chi connectivity index (χ1n) is 5.07. The number of thioether (sulfide) groups is 1. The van der Waals surface area contributed by atoms with E-state index in [0.29, 0.717) is 15.8 Å². The van der Waals surface area contributed by atoms with E-state index in [0.717, 1.165) is 5.56 Å². The Morgan fingerprint density at radius 1 is 1.33 bits per heavy atom. The molecule has 0 spiro atoms. The molecule has 0 aliphatic heterocycles. The van der Waals surface area contributed by atoms with Gasteiger partial charge in [-0.15, -0.1) is 11.8 Å². The van der Waals surface area contributed by atoms with E-state index in [1.54, 1.807) is 12.1 Å². The normalized spacial score (nSPS) is 10.3. The van der Waals surface area contributed by atoms with Gasteiger partial charge in [0.25, 0.3) is 0 Å². The summed E-state index contributed by atoms with van der Waals surface area (Å²) in [5.74, 6) is -0.386. The molecule has 18 heavy (non-hydrogen) atoms. The first-order chi connectivity index (χ1) is 8.66. The maximum absolute atomic E-state index is 11.0. The van der Waals surface area contributed by atoms with E-state index in [4.69, 9.17) is 16.7 Å². The number of nitrogens with zero attached hydrogens (tertiary/aromatic N) is 2. The molecule has 6 heteroatoms. The zero-order chi connectivity index (χ0) is 13.0. The fourth-order valence-corrected chi connectivity index (χ4v) is 2.35. The Hall–Kier alpha value is -1.59. The maximum Gasteiger partial charge on any atom is 0.340 e. The highest BCUT2D eigenvalue weighted by atomic mass is 35.5. The van der Waals surface area contributed by atoms with Gasteiger partial charge in [-0.2, -0.15) is 0 Å². The van der Waals surface area contributed by atoms with Gasteiger partial charge >= 0.3 is 5.97 Å². The van der Waals surface area contributed by atoms with Gasteiger partial charge < -0.3 is 5.11 Å². The van der Waals surface area contributed by atoms with Crippen LogP contribution in [0.1, 0.15) is 15.9 Å². The van der Waals surface area contributed by atoms with Gasteiger partial charge in [-0.05, 0) is 17.7 Å². The third-order valence-electron chi connectivity index (χ3n) is 2.19. The van der Waals surface area contributed by atoms with Crippen molar-refractivity contribution < 1.29 is 9.90 Å². The molecule has 4 nitrogen and oxygen atoms in total. The van der Waals surface area contributed by atoms with Crippen molar-refractivity contribution in [1.29, 1.82) is 0 Å². The van der Waals surface area contributed by atoms with Crippen LogP contribution >= 0.6 is 23.4 Å². The van der Waals surface area contributed by atoms with Crippen LogP contribution in [0.15, 0.2) is 41.8 Å². The number of aromatic carboxylic acids is 1. The van der Waals surface area contributed by atoms with Crippen LogP contribution in [0.5, 0.6) is 0 Å². The number of aromatic nitrogens is 2. The zero-order valence-electron chi connectivity index (χ0n) is 9.21. The van der Waals surface area contributed by atoms with E-state index >= 15 is 0 Å². The molecule has 0 unspecified atom stereocenters. The third-order valence-corrected chi connectivity index (χ3v) is 3.52. The van der Waals surface area contributed by atoms with Gasteiger partial charge in [-0.25, -0.2) is 14.8 Å².